The highest BCUT2D eigenvalue weighted by atomic mass is 35.5. The quantitative estimate of drug-likeness (QED) is 0.718. The molecular formula is C12H9Cl2NO2. The zero-order chi connectivity index (χ0) is 12.4. The van der Waals surface area contributed by atoms with Crippen LogP contribution in [0.2, 0.25) is 10.0 Å². The second kappa shape index (κ2) is 4.73. The first-order valence-electron chi connectivity index (χ1n) is 4.80. The van der Waals surface area contributed by atoms with Crippen molar-refractivity contribution in [2.24, 2.45) is 0 Å². The molecule has 0 aliphatic carbocycles. The Morgan fingerprint density at radius 1 is 0.824 bits per heavy atom. The van der Waals surface area contributed by atoms with Crippen molar-refractivity contribution in [1.82, 2.24) is 0 Å². The zero-order valence-corrected chi connectivity index (χ0v) is 10.1. The summed E-state index contributed by atoms with van der Waals surface area (Å²) < 4.78 is 0. The van der Waals surface area contributed by atoms with Gasteiger partial charge in [0.2, 0.25) is 0 Å². The molecule has 0 bridgehead atoms. The first-order valence-corrected chi connectivity index (χ1v) is 5.56. The van der Waals surface area contributed by atoms with E-state index in [-0.39, 0.29) is 11.5 Å². The van der Waals surface area contributed by atoms with E-state index in [4.69, 9.17) is 28.3 Å². The predicted molar refractivity (Wildman–Crippen MR) is 69.5 cm³/mol. The molecule has 0 atom stereocenters. The molecule has 5 heteroatoms. The molecule has 88 valence electrons. The number of benzene rings is 2. The third-order valence-electron chi connectivity index (χ3n) is 2.16. The largest absolute Gasteiger partial charge is 0.508 e. The van der Waals surface area contributed by atoms with Crippen molar-refractivity contribution < 1.29 is 10.2 Å². The number of aromatic hydroxyl groups is 2. The van der Waals surface area contributed by atoms with Gasteiger partial charge in [-0.05, 0) is 24.3 Å². The lowest BCUT2D eigenvalue weighted by atomic mass is 10.2. The van der Waals surface area contributed by atoms with E-state index in [1.54, 1.807) is 24.3 Å². The Balaban J connectivity index is 2.33. The number of phenols is 2. The van der Waals surface area contributed by atoms with E-state index >= 15 is 0 Å². The van der Waals surface area contributed by atoms with Crippen LogP contribution in [0.15, 0.2) is 36.4 Å². The number of anilines is 2. The van der Waals surface area contributed by atoms with Crippen molar-refractivity contribution in [3.8, 4) is 11.5 Å². The summed E-state index contributed by atoms with van der Waals surface area (Å²) in [6.45, 7) is 0. The number of nitrogens with one attached hydrogen (secondary N) is 1. The SMILES string of the molecule is Oc1ccc(Nc2c(Cl)cc(O)cc2Cl)cc1. The lowest BCUT2D eigenvalue weighted by Crippen LogP contribution is -1.92. The Bertz CT molecular complexity index is 518. The lowest BCUT2D eigenvalue weighted by molar-refractivity contribution is 0.475. The zero-order valence-electron chi connectivity index (χ0n) is 8.61. The molecule has 3 N–H and O–H groups in total. The molecule has 0 fully saturated rings. The van der Waals surface area contributed by atoms with Gasteiger partial charge in [0, 0.05) is 17.8 Å². The third kappa shape index (κ3) is 2.75. The van der Waals surface area contributed by atoms with E-state index in [0.29, 0.717) is 15.7 Å². The lowest BCUT2D eigenvalue weighted by Gasteiger charge is -2.10. The van der Waals surface area contributed by atoms with Crippen LogP contribution in [0.4, 0.5) is 11.4 Å². The summed E-state index contributed by atoms with van der Waals surface area (Å²) in [4.78, 5) is 0. The minimum atomic E-state index is 0.0104. The molecule has 0 radical (unpaired) electrons. The van der Waals surface area contributed by atoms with E-state index < -0.39 is 0 Å². The van der Waals surface area contributed by atoms with E-state index in [1.165, 1.54) is 12.1 Å². The van der Waals surface area contributed by atoms with Crippen molar-refractivity contribution in [2.75, 3.05) is 5.32 Å². The molecule has 2 rings (SSSR count). The molecule has 2 aromatic carbocycles. The van der Waals surface area contributed by atoms with Gasteiger partial charge >= 0.3 is 0 Å². The van der Waals surface area contributed by atoms with Crippen LogP contribution in [0.5, 0.6) is 11.5 Å². The van der Waals surface area contributed by atoms with Gasteiger partial charge in [-0.1, -0.05) is 23.2 Å². The second-order valence-corrected chi connectivity index (χ2v) is 4.27. The minimum Gasteiger partial charge on any atom is -0.508 e. The van der Waals surface area contributed by atoms with Gasteiger partial charge in [-0.15, -0.1) is 0 Å². The number of hydrogen-bond donors (Lipinski definition) is 3. The average molecular weight is 270 g/mol. The number of rotatable bonds is 2. The number of hydrogen-bond acceptors (Lipinski definition) is 3. The normalized spacial score (nSPS) is 10.2. The monoisotopic (exact) mass is 269 g/mol. The van der Waals surface area contributed by atoms with Crippen molar-refractivity contribution in [3.63, 3.8) is 0 Å². The highest BCUT2D eigenvalue weighted by Gasteiger charge is 2.08. The van der Waals surface area contributed by atoms with Gasteiger partial charge in [-0.2, -0.15) is 0 Å². The van der Waals surface area contributed by atoms with Gasteiger partial charge in [0.05, 0.1) is 15.7 Å². The fourth-order valence-corrected chi connectivity index (χ4v) is 1.94. The molecule has 0 unspecified atom stereocenters. The molecule has 0 aliphatic heterocycles. The highest BCUT2D eigenvalue weighted by Crippen LogP contribution is 2.36. The van der Waals surface area contributed by atoms with Gasteiger partial charge in [-0.25, -0.2) is 0 Å². The topological polar surface area (TPSA) is 52.5 Å². The molecule has 0 spiro atoms. The molecule has 0 heterocycles. The third-order valence-corrected chi connectivity index (χ3v) is 2.76. The summed E-state index contributed by atoms with van der Waals surface area (Å²) in [5.74, 6) is 0.190. The number of phenolic OH excluding ortho intramolecular Hbond substituents is 2. The van der Waals surface area contributed by atoms with Crippen molar-refractivity contribution in [1.29, 1.82) is 0 Å². The minimum absolute atomic E-state index is 0.0104. The molecule has 0 amide bonds. The van der Waals surface area contributed by atoms with Crippen LogP contribution >= 0.6 is 23.2 Å². The molecule has 0 saturated carbocycles. The number of halogens is 2. The average Bonchev–Trinajstić information content (AvgIpc) is 2.26. The van der Waals surface area contributed by atoms with Crippen LogP contribution < -0.4 is 5.32 Å². The summed E-state index contributed by atoms with van der Waals surface area (Å²) in [5.41, 5.74) is 1.24. The molecule has 17 heavy (non-hydrogen) atoms. The maximum atomic E-state index is 9.29. The smallest absolute Gasteiger partial charge is 0.118 e. The van der Waals surface area contributed by atoms with Crippen LogP contribution in [-0.4, -0.2) is 10.2 Å². The summed E-state index contributed by atoms with van der Waals surface area (Å²) in [6, 6.07) is 9.27. The van der Waals surface area contributed by atoms with Crippen LogP contribution in [0.1, 0.15) is 0 Å². The van der Waals surface area contributed by atoms with E-state index in [9.17, 15) is 5.11 Å². The Morgan fingerprint density at radius 2 is 1.35 bits per heavy atom. The molecule has 3 nitrogen and oxygen atoms in total. The fourth-order valence-electron chi connectivity index (χ4n) is 1.37. The first kappa shape index (κ1) is 11.9. The Morgan fingerprint density at radius 3 is 1.88 bits per heavy atom. The molecule has 0 saturated heterocycles. The summed E-state index contributed by atoms with van der Waals surface area (Å²) in [7, 11) is 0. The molecule has 0 aliphatic rings. The summed E-state index contributed by atoms with van der Waals surface area (Å²) >= 11 is 11.9. The van der Waals surface area contributed by atoms with Gasteiger partial charge in [0.15, 0.2) is 0 Å². The summed E-state index contributed by atoms with van der Waals surface area (Å²) in [6.07, 6.45) is 0. The van der Waals surface area contributed by atoms with Gasteiger partial charge in [-0.3, -0.25) is 0 Å². The van der Waals surface area contributed by atoms with Crippen molar-refractivity contribution >= 4 is 34.6 Å². The molecule has 0 aromatic heterocycles. The first-order chi connectivity index (χ1) is 8.06. The Labute approximate surface area is 108 Å². The van der Waals surface area contributed by atoms with Gasteiger partial charge in [0.1, 0.15) is 11.5 Å². The van der Waals surface area contributed by atoms with Crippen LogP contribution in [0.25, 0.3) is 0 Å². The van der Waals surface area contributed by atoms with Crippen molar-refractivity contribution in [3.05, 3.63) is 46.4 Å². The maximum Gasteiger partial charge on any atom is 0.118 e. The standard InChI is InChI=1S/C12H9Cl2NO2/c13-10-5-9(17)6-11(14)12(10)15-7-1-3-8(16)4-2-7/h1-6,15-17H. The Kier molecular flexibility index (Phi) is 3.31. The second-order valence-electron chi connectivity index (χ2n) is 3.46. The summed E-state index contributed by atoms with van der Waals surface area (Å²) in [5, 5.41) is 22.1. The van der Waals surface area contributed by atoms with E-state index in [1.807, 2.05) is 0 Å². The van der Waals surface area contributed by atoms with Gasteiger partial charge in [0.25, 0.3) is 0 Å². The fraction of sp³-hybridized carbons (Fsp3) is 0. The van der Waals surface area contributed by atoms with E-state index in [2.05, 4.69) is 5.32 Å². The highest BCUT2D eigenvalue weighted by molar-refractivity contribution is 6.39. The van der Waals surface area contributed by atoms with Crippen LogP contribution in [0.3, 0.4) is 0 Å². The van der Waals surface area contributed by atoms with Crippen LogP contribution in [0, 0.1) is 0 Å². The predicted octanol–water partition coefficient (Wildman–Crippen LogP) is 4.15. The molecule has 2 aromatic rings. The Hall–Kier alpha value is -1.58. The van der Waals surface area contributed by atoms with Crippen molar-refractivity contribution in [2.45, 2.75) is 0 Å². The maximum absolute atomic E-state index is 9.29. The van der Waals surface area contributed by atoms with Crippen LogP contribution in [-0.2, 0) is 0 Å². The van der Waals surface area contributed by atoms with Gasteiger partial charge < -0.3 is 15.5 Å². The van der Waals surface area contributed by atoms with E-state index in [0.717, 1.165) is 5.69 Å². The molecular weight excluding hydrogens is 261 g/mol.